The van der Waals surface area contributed by atoms with Crippen LogP contribution in [0.1, 0.15) is 5.76 Å². The topological polar surface area (TPSA) is 52.0 Å². The van der Waals surface area contributed by atoms with E-state index in [1.165, 1.54) is 6.92 Å². The molecule has 0 radical (unpaired) electrons. The zero-order chi connectivity index (χ0) is 6.15. The lowest BCUT2D eigenvalue weighted by Gasteiger charge is -1.75. The maximum Gasteiger partial charge on any atom is 0.209 e. The van der Waals surface area contributed by atoms with Gasteiger partial charge in [-0.1, -0.05) is 5.16 Å². The molecule has 0 aliphatic rings. The van der Waals surface area contributed by atoms with Gasteiger partial charge >= 0.3 is 0 Å². The standard InChI is InChI=1S/C4H5FN2O/c1-2-3(5)4(6)7-8-2/h1H3,(H2,6,7). The van der Waals surface area contributed by atoms with Gasteiger partial charge in [-0.3, -0.25) is 0 Å². The highest BCUT2D eigenvalue weighted by atomic mass is 19.1. The molecule has 0 saturated carbocycles. The summed E-state index contributed by atoms with van der Waals surface area (Å²) in [6.07, 6.45) is 0. The van der Waals surface area contributed by atoms with Crippen LogP contribution in [0.25, 0.3) is 0 Å². The van der Waals surface area contributed by atoms with Gasteiger partial charge in [0, 0.05) is 0 Å². The molecular weight excluding hydrogens is 111 g/mol. The van der Waals surface area contributed by atoms with Crippen molar-refractivity contribution >= 4 is 5.82 Å². The molecule has 0 fully saturated rings. The Morgan fingerprint density at radius 3 is 2.50 bits per heavy atom. The molecule has 0 amide bonds. The summed E-state index contributed by atoms with van der Waals surface area (Å²) >= 11 is 0. The van der Waals surface area contributed by atoms with Crippen molar-refractivity contribution in [3.05, 3.63) is 11.6 Å². The molecule has 1 rings (SSSR count). The van der Waals surface area contributed by atoms with Crippen molar-refractivity contribution in [3.8, 4) is 0 Å². The van der Waals surface area contributed by atoms with Crippen molar-refractivity contribution in [1.82, 2.24) is 5.16 Å². The normalized spacial score (nSPS) is 9.75. The molecule has 3 nitrogen and oxygen atoms in total. The molecule has 8 heavy (non-hydrogen) atoms. The lowest BCUT2D eigenvalue weighted by atomic mass is 10.5. The molecule has 0 saturated heterocycles. The number of nitrogen functional groups attached to an aromatic ring is 1. The third-order valence-electron chi connectivity index (χ3n) is 0.815. The highest BCUT2D eigenvalue weighted by Crippen LogP contribution is 2.10. The van der Waals surface area contributed by atoms with Crippen LogP contribution in [0.4, 0.5) is 10.2 Å². The highest BCUT2D eigenvalue weighted by molar-refractivity contribution is 5.28. The molecule has 0 unspecified atom stereocenters. The number of aryl methyl sites for hydroxylation is 1. The Labute approximate surface area is 45.3 Å². The van der Waals surface area contributed by atoms with Gasteiger partial charge in [0.2, 0.25) is 11.6 Å². The summed E-state index contributed by atoms with van der Waals surface area (Å²) in [5, 5.41) is 3.14. The average molecular weight is 116 g/mol. The Morgan fingerprint density at radius 2 is 2.38 bits per heavy atom. The first kappa shape index (κ1) is 5.08. The van der Waals surface area contributed by atoms with Gasteiger partial charge in [0.05, 0.1) is 0 Å². The fraction of sp³-hybridized carbons (Fsp3) is 0.250. The summed E-state index contributed by atoms with van der Waals surface area (Å²) in [6, 6.07) is 0. The van der Waals surface area contributed by atoms with Crippen LogP contribution in [-0.2, 0) is 0 Å². The lowest BCUT2D eigenvalue weighted by Crippen LogP contribution is -1.86. The van der Waals surface area contributed by atoms with Crippen molar-refractivity contribution in [2.75, 3.05) is 5.73 Å². The fourth-order valence-corrected chi connectivity index (χ4v) is 0.378. The maximum absolute atomic E-state index is 12.2. The first-order valence-corrected chi connectivity index (χ1v) is 2.09. The minimum Gasteiger partial charge on any atom is -0.378 e. The van der Waals surface area contributed by atoms with Crippen LogP contribution in [0.3, 0.4) is 0 Å². The van der Waals surface area contributed by atoms with Gasteiger partial charge < -0.3 is 10.3 Å². The molecule has 0 aromatic carbocycles. The number of rotatable bonds is 0. The van der Waals surface area contributed by atoms with Crippen LogP contribution in [0.5, 0.6) is 0 Å². The summed E-state index contributed by atoms with van der Waals surface area (Å²) in [5.74, 6) is -0.616. The first-order valence-electron chi connectivity index (χ1n) is 2.09. The molecule has 44 valence electrons. The van der Waals surface area contributed by atoms with E-state index in [0.29, 0.717) is 0 Å². The second kappa shape index (κ2) is 1.47. The largest absolute Gasteiger partial charge is 0.378 e. The first-order chi connectivity index (χ1) is 3.72. The van der Waals surface area contributed by atoms with Gasteiger partial charge in [-0.2, -0.15) is 4.39 Å². The monoisotopic (exact) mass is 116 g/mol. The Balaban J connectivity index is 3.19. The lowest BCUT2D eigenvalue weighted by molar-refractivity contribution is 0.391. The summed E-state index contributed by atoms with van der Waals surface area (Å²) in [7, 11) is 0. The molecule has 2 N–H and O–H groups in total. The highest BCUT2D eigenvalue weighted by Gasteiger charge is 2.06. The predicted molar refractivity (Wildman–Crippen MR) is 25.6 cm³/mol. The zero-order valence-electron chi connectivity index (χ0n) is 4.31. The molecule has 0 spiro atoms. The van der Waals surface area contributed by atoms with E-state index in [2.05, 4.69) is 9.68 Å². The molecular formula is C4H5FN2O. The fourth-order valence-electron chi connectivity index (χ4n) is 0.378. The summed E-state index contributed by atoms with van der Waals surface area (Å²) < 4.78 is 16.6. The Hall–Kier alpha value is -1.06. The molecule has 0 aliphatic carbocycles. The van der Waals surface area contributed by atoms with E-state index in [9.17, 15) is 4.39 Å². The van der Waals surface area contributed by atoms with E-state index in [1.54, 1.807) is 0 Å². The average Bonchev–Trinajstić information content (AvgIpc) is 1.98. The van der Waals surface area contributed by atoms with Crippen molar-refractivity contribution in [2.45, 2.75) is 6.92 Å². The van der Waals surface area contributed by atoms with Gasteiger partial charge in [-0.25, -0.2) is 0 Å². The third-order valence-corrected chi connectivity index (χ3v) is 0.815. The zero-order valence-corrected chi connectivity index (χ0v) is 4.31. The van der Waals surface area contributed by atoms with E-state index in [4.69, 9.17) is 5.73 Å². The van der Waals surface area contributed by atoms with Crippen LogP contribution in [0.2, 0.25) is 0 Å². The maximum atomic E-state index is 12.2. The van der Waals surface area contributed by atoms with E-state index in [-0.39, 0.29) is 11.6 Å². The number of nitrogens with two attached hydrogens (primary N) is 1. The smallest absolute Gasteiger partial charge is 0.209 e. The van der Waals surface area contributed by atoms with E-state index in [1.807, 2.05) is 0 Å². The van der Waals surface area contributed by atoms with E-state index < -0.39 is 5.82 Å². The minimum atomic E-state index is -0.565. The summed E-state index contributed by atoms with van der Waals surface area (Å²) in [4.78, 5) is 0. The van der Waals surface area contributed by atoms with Crippen molar-refractivity contribution in [1.29, 1.82) is 0 Å². The Morgan fingerprint density at radius 1 is 1.75 bits per heavy atom. The Bertz CT molecular complexity index is 176. The van der Waals surface area contributed by atoms with Crippen LogP contribution in [-0.4, -0.2) is 5.16 Å². The van der Waals surface area contributed by atoms with Crippen molar-refractivity contribution < 1.29 is 8.91 Å². The molecule has 0 aliphatic heterocycles. The Kier molecular flexibility index (Phi) is 0.932. The van der Waals surface area contributed by atoms with Gasteiger partial charge in [-0.15, -0.1) is 0 Å². The second-order valence-electron chi connectivity index (χ2n) is 1.44. The van der Waals surface area contributed by atoms with Crippen molar-refractivity contribution in [3.63, 3.8) is 0 Å². The summed E-state index contributed by atoms with van der Waals surface area (Å²) in [6.45, 7) is 1.46. The van der Waals surface area contributed by atoms with E-state index >= 15 is 0 Å². The minimum absolute atomic E-state index is 0.127. The number of nitrogens with zero attached hydrogens (tertiary/aromatic N) is 1. The van der Waals surface area contributed by atoms with Crippen LogP contribution < -0.4 is 5.73 Å². The molecule has 4 heteroatoms. The van der Waals surface area contributed by atoms with Crippen LogP contribution in [0, 0.1) is 12.7 Å². The molecule has 1 aromatic heterocycles. The van der Waals surface area contributed by atoms with E-state index in [0.717, 1.165) is 0 Å². The van der Waals surface area contributed by atoms with Gasteiger partial charge in [-0.05, 0) is 6.92 Å². The number of halogens is 1. The van der Waals surface area contributed by atoms with Crippen LogP contribution in [0.15, 0.2) is 4.52 Å². The number of hydrogen-bond donors (Lipinski definition) is 1. The van der Waals surface area contributed by atoms with Crippen molar-refractivity contribution in [2.24, 2.45) is 0 Å². The summed E-state index contributed by atoms with van der Waals surface area (Å²) in [5.41, 5.74) is 4.96. The quantitative estimate of drug-likeness (QED) is 0.543. The number of aromatic nitrogens is 1. The number of anilines is 1. The van der Waals surface area contributed by atoms with Crippen LogP contribution >= 0.6 is 0 Å². The molecule has 0 atom stereocenters. The molecule has 1 heterocycles. The SMILES string of the molecule is Cc1onc(N)c1F. The second-order valence-corrected chi connectivity index (χ2v) is 1.44. The molecule has 0 bridgehead atoms. The van der Waals surface area contributed by atoms with Gasteiger partial charge in [0.25, 0.3) is 0 Å². The third kappa shape index (κ3) is 0.538. The predicted octanol–water partition coefficient (Wildman–Crippen LogP) is 0.704. The number of hydrogen-bond acceptors (Lipinski definition) is 3. The van der Waals surface area contributed by atoms with Gasteiger partial charge in [0.15, 0.2) is 5.76 Å². The molecule has 1 aromatic rings. The van der Waals surface area contributed by atoms with Gasteiger partial charge in [0.1, 0.15) is 0 Å².